The van der Waals surface area contributed by atoms with E-state index in [4.69, 9.17) is 10.5 Å². The van der Waals surface area contributed by atoms with Gasteiger partial charge in [0.25, 0.3) is 0 Å². The number of H-pyrrole nitrogens is 1. The molecule has 0 atom stereocenters. The van der Waals surface area contributed by atoms with Gasteiger partial charge in [-0.3, -0.25) is 5.10 Å². The van der Waals surface area contributed by atoms with Crippen molar-refractivity contribution in [2.75, 3.05) is 7.11 Å². The van der Waals surface area contributed by atoms with Gasteiger partial charge < -0.3 is 10.5 Å². The summed E-state index contributed by atoms with van der Waals surface area (Å²) in [7, 11) is 1.69. The molecule has 1 aliphatic rings. The third-order valence-electron chi connectivity index (χ3n) is 3.14. The first-order chi connectivity index (χ1) is 7.29. The van der Waals surface area contributed by atoms with Crippen molar-refractivity contribution in [3.05, 3.63) is 17.5 Å². The second kappa shape index (κ2) is 4.77. The second-order valence-electron chi connectivity index (χ2n) is 4.36. The summed E-state index contributed by atoms with van der Waals surface area (Å²) in [6, 6.07) is 2.52. The van der Waals surface area contributed by atoms with E-state index in [0.717, 1.165) is 18.5 Å². The van der Waals surface area contributed by atoms with Gasteiger partial charge in [0.15, 0.2) is 0 Å². The van der Waals surface area contributed by atoms with Gasteiger partial charge in [-0.2, -0.15) is 5.10 Å². The quantitative estimate of drug-likeness (QED) is 0.793. The van der Waals surface area contributed by atoms with Gasteiger partial charge in [0.1, 0.15) is 0 Å². The van der Waals surface area contributed by atoms with Gasteiger partial charge in [0.2, 0.25) is 0 Å². The summed E-state index contributed by atoms with van der Waals surface area (Å²) in [6.07, 6.45) is 4.57. The molecule has 3 N–H and O–H groups in total. The largest absolute Gasteiger partial charge is 0.378 e. The highest BCUT2D eigenvalue weighted by Crippen LogP contribution is 2.31. The molecule has 1 heterocycles. The summed E-state index contributed by atoms with van der Waals surface area (Å²) >= 11 is 0. The van der Waals surface area contributed by atoms with E-state index in [-0.39, 0.29) is 0 Å². The number of aromatic amines is 1. The van der Waals surface area contributed by atoms with Crippen LogP contribution in [0.4, 0.5) is 0 Å². The van der Waals surface area contributed by atoms with E-state index in [2.05, 4.69) is 16.3 Å². The molecule has 1 fully saturated rings. The first-order valence-electron chi connectivity index (χ1n) is 5.58. The van der Waals surface area contributed by atoms with Crippen molar-refractivity contribution in [3.8, 4) is 0 Å². The van der Waals surface area contributed by atoms with E-state index in [0.29, 0.717) is 18.6 Å². The smallest absolute Gasteiger partial charge is 0.0878 e. The molecule has 84 valence electrons. The molecule has 1 aromatic rings. The van der Waals surface area contributed by atoms with E-state index in [1.165, 1.54) is 18.5 Å². The number of ether oxygens (including phenoxy) is 1. The van der Waals surface area contributed by atoms with Crippen LogP contribution in [-0.4, -0.2) is 23.3 Å². The Morgan fingerprint density at radius 3 is 2.87 bits per heavy atom. The van der Waals surface area contributed by atoms with Crippen molar-refractivity contribution in [1.29, 1.82) is 0 Å². The number of hydrogen-bond acceptors (Lipinski definition) is 3. The molecule has 1 aliphatic carbocycles. The molecule has 0 radical (unpaired) electrons. The summed E-state index contributed by atoms with van der Waals surface area (Å²) in [5.74, 6) is 0.589. The molecule has 0 unspecified atom stereocenters. The summed E-state index contributed by atoms with van der Waals surface area (Å²) < 4.78 is 5.05. The Kier molecular flexibility index (Phi) is 3.38. The molecule has 4 heteroatoms. The van der Waals surface area contributed by atoms with E-state index >= 15 is 0 Å². The molecule has 0 spiro atoms. The molecular formula is C11H19N3O. The van der Waals surface area contributed by atoms with Crippen LogP contribution in [0.2, 0.25) is 0 Å². The molecule has 1 aromatic heterocycles. The topological polar surface area (TPSA) is 63.9 Å². The first-order valence-corrected chi connectivity index (χ1v) is 5.58. The zero-order valence-electron chi connectivity index (χ0n) is 9.20. The van der Waals surface area contributed by atoms with Crippen LogP contribution in [0.1, 0.15) is 43.0 Å². The van der Waals surface area contributed by atoms with E-state index in [9.17, 15) is 0 Å². The zero-order valence-corrected chi connectivity index (χ0v) is 9.20. The fourth-order valence-electron chi connectivity index (χ4n) is 2.23. The summed E-state index contributed by atoms with van der Waals surface area (Å²) in [5, 5.41) is 7.35. The van der Waals surface area contributed by atoms with Crippen LogP contribution in [0.15, 0.2) is 6.07 Å². The minimum Gasteiger partial charge on any atom is -0.378 e. The number of hydrogen-bond donors (Lipinski definition) is 2. The first kappa shape index (κ1) is 10.6. The third-order valence-corrected chi connectivity index (χ3v) is 3.14. The lowest BCUT2D eigenvalue weighted by Gasteiger charge is -2.24. The molecule has 1 saturated carbocycles. The standard InChI is InChI=1S/C11H19N3O/c1-15-7-10-6-11(14-13-10)8-2-4-9(12)5-3-8/h6,8-9H,2-5,7,12H2,1H3,(H,13,14)/t8-,9-. The Morgan fingerprint density at radius 2 is 2.20 bits per heavy atom. The van der Waals surface area contributed by atoms with E-state index < -0.39 is 0 Å². The highest BCUT2D eigenvalue weighted by Gasteiger charge is 2.21. The average Bonchev–Trinajstić information content (AvgIpc) is 2.68. The lowest BCUT2D eigenvalue weighted by atomic mass is 9.84. The van der Waals surface area contributed by atoms with Gasteiger partial charge in [0, 0.05) is 19.1 Å². The number of nitrogens with two attached hydrogens (primary N) is 1. The van der Waals surface area contributed by atoms with Gasteiger partial charge in [-0.15, -0.1) is 0 Å². The normalized spacial score (nSPS) is 26.8. The van der Waals surface area contributed by atoms with Gasteiger partial charge in [-0.1, -0.05) is 0 Å². The van der Waals surface area contributed by atoms with Gasteiger partial charge in [-0.25, -0.2) is 0 Å². The lowest BCUT2D eigenvalue weighted by molar-refractivity contribution is 0.181. The van der Waals surface area contributed by atoms with Crippen LogP contribution in [0.25, 0.3) is 0 Å². The molecular weight excluding hydrogens is 190 g/mol. The minimum absolute atomic E-state index is 0.402. The van der Waals surface area contributed by atoms with E-state index in [1.54, 1.807) is 7.11 Å². The van der Waals surface area contributed by atoms with Crippen molar-refractivity contribution in [1.82, 2.24) is 10.2 Å². The Labute approximate surface area is 90.2 Å². The second-order valence-corrected chi connectivity index (χ2v) is 4.36. The van der Waals surface area contributed by atoms with Gasteiger partial charge in [-0.05, 0) is 31.7 Å². The minimum atomic E-state index is 0.402. The lowest BCUT2D eigenvalue weighted by Crippen LogP contribution is -2.25. The van der Waals surface area contributed by atoms with Crippen LogP contribution >= 0.6 is 0 Å². The van der Waals surface area contributed by atoms with Crippen LogP contribution in [-0.2, 0) is 11.3 Å². The molecule has 0 bridgehead atoms. The fourth-order valence-corrected chi connectivity index (χ4v) is 2.23. The molecule has 0 aromatic carbocycles. The fraction of sp³-hybridized carbons (Fsp3) is 0.727. The number of nitrogens with one attached hydrogen (secondary N) is 1. The Hall–Kier alpha value is -0.870. The van der Waals surface area contributed by atoms with Crippen molar-refractivity contribution in [3.63, 3.8) is 0 Å². The maximum absolute atomic E-state index is 5.88. The molecule has 2 rings (SSSR count). The molecule has 0 amide bonds. The number of aromatic nitrogens is 2. The predicted molar refractivity (Wildman–Crippen MR) is 58.5 cm³/mol. The van der Waals surface area contributed by atoms with Crippen LogP contribution in [0.5, 0.6) is 0 Å². The Bertz CT molecular complexity index is 303. The molecule has 4 nitrogen and oxygen atoms in total. The van der Waals surface area contributed by atoms with Crippen LogP contribution < -0.4 is 5.73 Å². The Balaban J connectivity index is 1.96. The van der Waals surface area contributed by atoms with Crippen molar-refractivity contribution in [2.45, 2.75) is 44.2 Å². The molecule has 15 heavy (non-hydrogen) atoms. The maximum Gasteiger partial charge on any atom is 0.0878 e. The monoisotopic (exact) mass is 209 g/mol. The summed E-state index contributed by atoms with van der Waals surface area (Å²) in [6.45, 7) is 0.610. The third kappa shape index (κ3) is 2.58. The summed E-state index contributed by atoms with van der Waals surface area (Å²) in [4.78, 5) is 0. The molecule has 0 saturated heterocycles. The van der Waals surface area contributed by atoms with E-state index in [1.807, 2.05) is 0 Å². The van der Waals surface area contributed by atoms with Crippen molar-refractivity contribution >= 4 is 0 Å². The average molecular weight is 209 g/mol. The number of methoxy groups -OCH3 is 1. The van der Waals surface area contributed by atoms with Gasteiger partial charge >= 0.3 is 0 Å². The Morgan fingerprint density at radius 1 is 1.47 bits per heavy atom. The maximum atomic E-state index is 5.88. The summed E-state index contributed by atoms with van der Waals surface area (Å²) in [5.41, 5.74) is 8.11. The highest BCUT2D eigenvalue weighted by atomic mass is 16.5. The number of rotatable bonds is 3. The predicted octanol–water partition coefficient (Wildman–Crippen LogP) is 1.54. The zero-order chi connectivity index (χ0) is 10.7. The highest BCUT2D eigenvalue weighted by molar-refractivity contribution is 5.13. The molecule has 0 aliphatic heterocycles. The van der Waals surface area contributed by atoms with Crippen LogP contribution in [0.3, 0.4) is 0 Å². The van der Waals surface area contributed by atoms with Gasteiger partial charge in [0.05, 0.1) is 18.0 Å². The van der Waals surface area contributed by atoms with Crippen molar-refractivity contribution in [2.24, 2.45) is 5.73 Å². The number of nitrogens with zero attached hydrogens (tertiary/aromatic N) is 1. The SMILES string of the molecule is COCc1cc([C@H]2CC[C@H](N)CC2)n[nH]1. The van der Waals surface area contributed by atoms with Crippen molar-refractivity contribution < 1.29 is 4.74 Å². The van der Waals surface area contributed by atoms with Crippen LogP contribution in [0, 0.1) is 0 Å².